The van der Waals surface area contributed by atoms with Gasteiger partial charge in [0.1, 0.15) is 0 Å². The smallest absolute Gasteiger partial charge is 0.245 e. The number of nitrogens with zero attached hydrogens (tertiary/aromatic N) is 7. The number of hydrazone groups is 1. The van der Waals surface area contributed by atoms with E-state index in [4.69, 9.17) is 16.3 Å². The molecule has 4 aromatic rings. The minimum atomic E-state index is -0.487. The quantitative estimate of drug-likeness (QED) is 0.270. The number of aromatic nitrogens is 5. The number of benzene rings is 1. The van der Waals surface area contributed by atoms with Crippen molar-refractivity contribution in [3.05, 3.63) is 77.2 Å². The van der Waals surface area contributed by atoms with E-state index >= 15 is 0 Å². The van der Waals surface area contributed by atoms with Gasteiger partial charge in [0.2, 0.25) is 5.95 Å². The van der Waals surface area contributed by atoms with Gasteiger partial charge in [0.25, 0.3) is 0 Å². The van der Waals surface area contributed by atoms with Gasteiger partial charge in [-0.05, 0) is 42.8 Å². The topological polar surface area (TPSA) is 113 Å². The molecule has 2 N–H and O–H groups in total. The lowest BCUT2D eigenvalue weighted by molar-refractivity contribution is 0.122. The fourth-order valence-electron chi connectivity index (χ4n) is 3.74. The Morgan fingerprint density at radius 1 is 1.08 bits per heavy atom. The maximum absolute atomic E-state index is 14.2. The van der Waals surface area contributed by atoms with Crippen molar-refractivity contribution in [2.24, 2.45) is 5.10 Å². The number of pyridine rings is 1. The highest BCUT2D eigenvalue weighted by atomic mass is 35.5. The SMILES string of the molecule is Cc1cc(-c2ncccn2)cc(Cl)c1Nc1ccc(/C=N/Nc2ncc(F)c(N3CCOCC3)n2)nc1. The Morgan fingerprint density at radius 3 is 2.62 bits per heavy atom. The van der Waals surface area contributed by atoms with Gasteiger partial charge in [-0.15, -0.1) is 0 Å². The monoisotopic (exact) mass is 519 g/mol. The highest BCUT2D eigenvalue weighted by Gasteiger charge is 2.17. The van der Waals surface area contributed by atoms with Crippen LogP contribution < -0.4 is 15.6 Å². The summed E-state index contributed by atoms with van der Waals surface area (Å²) >= 11 is 6.55. The van der Waals surface area contributed by atoms with Crippen molar-refractivity contribution in [1.82, 2.24) is 24.9 Å². The Balaban J connectivity index is 1.23. The summed E-state index contributed by atoms with van der Waals surface area (Å²) in [6, 6.07) is 9.24. The molecule has 1 fully saturated rings. The van der Waals surface area contributed by atoms with E-state index < -0.39 is 5.82 Å². The molecule has 10 nitrogen and oxygen atoms in total. The minimum absolute atomic E-state index is 0.187. The van der Waals surface area contributed by atoms with Crippen LogP contribution >= 0.6 is 11.6 Å². The van der Waals surface area contributed by atoms with Crippen LogP contribution in [-0.4, -0.2) is 57.4 Å². The second-order valence-electron chi connectivity index (χ2n) is 8.15. The molecule has 1 aliphatic heterocycles. The maximum atomic E-state index is 14.2. The zero-order valence-corrected chi connectivity index (χ0v) is 20.7. The third kappa shape index (κ3) is 5.96. The van der Waals surface area contributed by atoms with Gasteiger partial charge in [-0.3, -0.25) is 4.98 Å². The van der Waals surface area contributed by atoms with Crippen LogP contribution in [0, 0.1) is 12.7 Å². The molecule has 12 heteroatoms. The highest BCUT2D eigenvalue weighted by molar-refractivity contribution is 6.33. The van der Waals surface area contributed by atoms with E-state index in [9.17, 15) is 4.39 Å². The Morgan fingerprint density at radius 2 is 1.89 bits per heavy atom. The summed E-state index contributed by atoms with van der Waals surface area (Å²) < 4.78 is 19.5. The van der Waals surface area contributed by atoms with Crippen molar-refractivity contribution in [2.75, 3.05) is 41.9 Å². The lowest BCUT2D eigenvalue weighted by Crippen LogP contribution is -2.37. The number of rotatable bonds is 7. The van der Waals surface area contributed by atoms with Crippen molar-refractivity contribution in [3.8, 4) is 11.4 Å². The summed E-state index contributed by atoms with van der Waals surface area (Å²) in [6.07, 6.45) is 7.72. The first-order valence-electron chi connectivity index (χ1n) is 11.5. The molecule has 0 saturated carbocycles. The molecule has 0 bridgehead atoms. The van der Waals surface area contributed by atoms with Crippen molar-refractivity contribution in [1.29, 1.82) is 0 Å². The van der Waals surface area contributed by atoms with Crippen LogP contribution in [0.25, 0.3) is 11.4 Å². The molecule has 3 aromatic heterocycles. The molecule has 188 valence electrons. The summed E-state index contributed by atoms with van der Waals surface area (Å²) in [5, 5.41) is 7.98. The second kappa shape index (κ2) is 11.2. The third-order valence-electron chi connectivity index (χ3n) is 5.56. The summed E-state index contributed by atoms with van der Waals surface area (Å²) in [5.74, 6) is 0.538. The first-order chi connectivity index (χ1) is 18.1. The maximum Gasteiger partial charge on any atom is 0.245 e. The molecular weight excluding hydrogens is 497 g/mol. The van der Waals surface area contributed by atoms with Crippen LogP contribution in [0.2, 0.25) is 5.02 Å². The van der Waals surface area contributed by atoms with E-state index in [0.29, 0.717) is 42.8 Å². The Labute approximate surface area is 217 Å². The van der Waals surface area contributed by atoms with Crippen LogP contribution in [0.4, 0.5) is 27.5 Å². The summed E-state index contributed by atoms with van der Waals surface area (Å²) in [5.41, 5.74) is 6.65. The van der Waals surface area contributed by atoms with E-state index in [-0.39, 0.29) is 11.8 Å². The molecule has 0 spiro atoms. The summed E-state index contributed by atoms with van der Waals surface area (Å²) in [7, 11) is 0. The zero-order valence-electron chi connectivity index (χ0n) is 19.9. The van der Waals surface area contributed by atoms with E-state index in [1.807, 2.05) is 30.0 Å². The fourth-order valence-corrected chi connectivity index (χ4v) is 4.06. The van der Waals surface area contributed by atoms with E-state index in [0.717, 1.165) is 28.7 Å². The predicted molar refractivity (Wildman–Crippen MR) is 141 cm³/mol. The molecule has 0 amide bonds. The molecular formula is C25H23ClFN9O. The van der Waals surface area contributed by atoms with Crippen molar-refractivity contribution in [2.45, 2.75) is 6.92 Å². The molecule has 0 radical (unpaired) electrons. The Hall–Kier alpha value is -4.22. The number of anilines is 4. The van der Waals surface area contributed by atoms with Crippen LogP contribution in [-0.2, 0) is 4.74 Å². The standard InChI is InChI=1S/C25H23ClFN9O/c1-16-11-17(23-28-5-2-6-29-23)12-20(26)22(16)33-19-4-3-18(30-13-19)14-32-35-25-31-15-21(27)24(34-25)36-7-9-37-10-8-36/h2-6,11-15,33H,7-10H2,1H3,(H,31,34,35)/b32-14+. The van der Waals surface area contributed by atoms with Gasteiger partial charge >= 0.3 is 0 Å². The van der Waals surface area contributed by atoms with Crippen LogP contribution in [0.5, 0.6) is 0 Å². The number of ether oxygens (including phenoxy) is 1. The predicted octanol–water partition coefficient (Wildman–Crippen LogP) is 4.46. The van der Waals surface area contributed by atoms with Gasteiger partial charge in [-0.2, -0.15) is 10.1 Å². The largest absolute Gasteiger partial charge is 0.378 e. The molecule has 0 aliphatic carbocycles. The number of aryl methyl sites for hydroxylation is 1. The number of halogens is 2. The molecule has 5 rings (SSSR count). The summed E-state index contributed by atoms with van der Waals surface area (Å²) in [6.45, 7) is 4.15. The number of hydrogen-bond acceptors (Lipinski definition) is 10. The number of hydrogen-bond donors (Lipinski definition) is 2. The van der Waals surface area contributed by atoms with Gasteiger partial charge in [-0.25, -0.2) is 24.8 Å². The zero-order chi connectivity index (χ0) is 25.6. The molecule has 1 aliphatic rings. The van der Waals surface area contributed by atoms with Gasteiger partial charge in [0, 0.05) is 31.0 Å². The number of nitrogens with one attached hydrogen (secondary N) is 2. The third-order valence-corrected chi connectivity index (χ3v) is 5.86. The average Bonchev–Trinajstić information content (AvgIpc) is 2.93. The summed E-state index contributed by atoms with van der Waals surface area (Å²) in [4.78, 5) is 23.0. The van der Waals surface area contributed by atoms with Gasteiger partial charge in [0.15, 0.2) is 17.5 Å². The molecule has 0 unspecified atom stereocenters. The lowest BCUT2D eigenvalue weighted by atomic mass is 10.1. The minimum Gasteiger partial charge on any atom is -0.378 e. The molecule has 37 heavy (non-hydrogen) atoms. The van der Waals surface area contributed by atoms with Gasteiger partial charge in [0.05, 0.1) is 53.9 Å². The van der Waals surface area contributed by atoms with Crippen molar-refractivity contribution < 1.29 is 9.13 Å². The highest BCUT2D eigenvalue weighted by Crippen LogP contribution is 2.33. The van der Waals surface area contributed by atoms with E-state index in [1.165, 1.54) is 6.21 Å². The first kappa shape index (κ1) is 24.5. The second-order valence-corrected chi connectivity index (χ2v) is 8.56. The van der Waals surface area contributed by atoms with Crippen LogP contribution in [0.3, 0.4) is 0 Å². The van der Waals surface area contributed by atoms with E-state index in [2.05, 4.69) is 40.8 Å². The van der Waals surface area contributed by atoms with Crippen LogP contribution in [0.1, 0.15) is 11.3 Å². The van der Waals surface area contributed by atoms with Crippen LogP contribution in [0.15, 0.2) is 60.2 Å². The molecule has 4 heterocycles. The first-order valence-corrected chi connectivity index (χ1v) is 11.9. The lowest BCUT2D eigenvalue weighted by Gasteiger charge is -2.27. The number of morpholine rings is 1. The van der Waals surface area contributed by atoms with Crippen molar-refractivity contribution >= 4 is 41.0 Å². The molecule has 1 saturated heterocycles. The van der Waals surface area contributed by atoms with Crippen molar-refractivity contribution in [3.63, 3.8) is 0 Å². The van der Waals surface area contributed by atoms with Gasteiger partial charge < -0.3 is 15.0 Å². The Bertz CT molecular complexity index is 1370. The fraction of sp³-hybridized carbons (Fsp3) is 0.200. The molecule has 0 atom stereocenters. The average molecular weight is 520 g/mol. The Kier molecular flexibility index (Phi) is 7.43. The normalized spacial score (nSPS) is 13.6. The van der Waals surface area contributed by atoms with Gasteiger partial charge in [-0.1, -0.05) is 11.6 Å². The molecule has 1 aromatic carbocycles. The van der Waals surface area contributed by atoms with E-state index in [1.54, 1.807) is 30.7 Å².